The molecule has 210 valence electrons. The summed E-state index contributed by atoms with van der Waals surface area (Å²) in [6.45, 7) is 10.0. The Morgan fingerprint density at radius 3 is 2.36 bits per heavy atom. The van der Waals surface area contributed by atoms with Gasteiger partial charge in [-0.3, -0.25) is 14.3 Å². The van der Waals surface area contributed by atoms with Gasteiger partial charge in [0, 0.05) is 42.8 Å². The van der Waals surface area contributed by atoms with Crippen molar-refractivity contribution < 1.29 is 17.9 Å². The fraction of sp³-hybridized carbons (Fsp3) is 0.444. The Morgan fingerprint density at radius 1 is 1.03 bits per heavy atom. The number of ether oxygens (including phenoxy) is 1. The van der Waals surface area contributed by atoms with Crippen LogP contribution in [0.5, 0.6) is 0 Å². The lowest BCUT2D eigenvalue weighted by molar-refractivity contribution is 0.0139. The molecule has 0 aliphatic carbocycles. The van der Waals surface area contributed by atoms with Gasteiger partial charge in [0.2, 0.25) is 0 Å². The summed E-state index contributed by atoms with van der Waals surface area (Å²) >= 11 is 12.7. The van der Waals surface area contributed by atoms with Crippen LogP contribution in [-0.4, -0.2) is 71.4 Å². The summed E-state index contributed by atoms with van der Waals surface area (Å²) in [5.74, 6) is -0.0685. The van der Waals surface area contributed by atoms with Gasteiger partial charge in [-0.25, -0.2) is 18.2 Å². The summed E-state index contributed by atoms with van der Waals surface area (Å²) in [7, 11) is -3.51. The lowest BCUT2D eigenvalue weighted by Gasteiger charge is -2.35. The smallest absolute Gasteiger partial charge is 0.410 e. The molecule has 2 aromatic carbocycles. The largest absolute Gasteiger partial charge is 0.444 e. The zero-order chi connectivity index (χ0) is 28.5. The minimum atomic E-state index is -3.51. The molecule has 3 aromatic rings. The molecular weight excluding hydrogens is 563 g/mol. The van der Waals surface area contributed by atoms with Gasteiger partial charge in [-0.15, -0.1) is 0 Å². The van der Waals surface area contributed by atoms with Crippen molar-refractivity contribution in [2.24, 2.45) is 0 Å². The van der Waals surface area contributed by atoms with Gasteiger partial charge in [-0.2, -0.15) is 0 Å². The van der Waals surface area contributed by atoms with Crippen LogP contribution in [0.4, 0.5) is 4.79 Å². The minimum absolute atomic E-state index is 0.00179. The van der Waals surface area contributed by atoms with Crippen LogP contribution in [0.1, 0.15) is 38.8 Å². The highest BCUT2D eigenvalue weighted by Crippen LogP contribution is 2.25. The topological polar surface area (TPSA) is 102 Å². The molecule has 0 atom stereocenters. The molecule has 1 fully saturated rings. The van der Waals surface area contributed by atoms with E-state index >= 15 is 0 Å². The number of halogens is 2. The summed E-state index contributed by atoms with van der Waals surface area (Å²) in [6, 6.07) is 7.95. The first-order chi connectivity index (χ1) is 18.3. The van der Waals surface area contributed by atoms with Crippen LogP contribution in [-0.2, 0) is 27.7 Å². The molecule has 1 aromatic heterocycles. The number of aromatic nitrogens is 2. The van der Waals surface area contributed by atoms with Crippen LogP contribution < -0.4 is 5.56 Å². The molecular formula is C27H32Cl2N4O5S. The van der Waals surface area contributed by atoms with Gasteiger partial charge in [0.05, 0.1) is 34.4 Å². The summed E-state index contributed by atoms with van der Waals surface area (Å²) < 4.78 is 32.0. The molecule has 0 spiro atoms. The molecule has 0 N–H and O–H groups in total. The standard InChI is InChI=1S/C27H32Cl2N4O5S/c1-5-39(36,37)24-7-6-20(28)12-19(24)16-33-17-30-23-13-18(22(29)14-21(23)25(33)34)15-31-8-10-32(11-9-31)26(35)38-27(2,3)4/h6-7,12-14,17H,5,8-11,15-16H2,1-4H3. The van der Waals surface area contributed by atoms with Crippen molar-refractivity contribution >= 4 is 50.0 Å². The average Bonchev–Trinajstić information content (AvgIpc) is 2.86. The van der Waals surface area contributed by atoms with Crippen LogP contribution in [0, 0.1) is 0 Å². The number of hydrogen-bond acceptors (Lipinski definition) is 7. The highest BCUT2D eigenvalue weighted by molar-refractivity contribution is 7.91. The zero-order valence-electron chi connectivity index (χ0n) is 22.4. The molecule has 0 bridgehead atoms. The van der Waals surface area contributed by atoms with Crippen LogP contribution in [0.2, 0.25) is 10.0 Å². The van der Waals surface area contributed by atoms with Gasteiger partial charge in [0.1, 0.15) is 5.60 Å². The van der Waals surface area contributed by atoms with E-state index in [0.717, 1.165) is 5.56 Å². The lowest BCUT2D eigenvalue weighted by Crippen LogP contribution is -2.49. The van der Waals surface area contributed by atoms with Gasteiger partial charge in [0.15, 0.2) is 9.84 Å². The molecule has 0 radical (unpaired) electrons. The van der Waals surface area contributed by atoms with E-state index in [0.29, 0.717) is 59.2 Å². The van der Waals surface area contributed by atoms with Crippen molar-refractivity contribution in [2.45, 2.75) is 51.3 Å². The molecule has 9 nitrogen and oxygen atoms in total. The number of hydrogen-bond donors (Lipinski definition) is 0. The predicted molar refractivity (Wildman–Crippen MR) is 152 cm³/mol. The number of sulfone groups is 1. The first kappa shape index (κ1) is 29.3. The Morgan fingerprint density at radius 2 is 1.72 bits per heavy atom. The second-order valence-corrected chi connectivity index (χ2v) is 13.6. The molecule has 0 unspecified atom stereocenters. The molecule has 4 rings (SSSR count). The first-order valence-corrected chi connectivity index (χ1v) is 15.1. The highest BCUT2D eigenvalue weighted by atomic mass is 35.5. The number of piperazine rings is 1. The Kier molecular flexibility index (Phi) is 8.61. The van der Waals surface area contributed by atoms with Crippen molar-refractivity contribution in [3.8, 4) is 0 Å². The fourth-order valence-electron chi connectivity index (χ4n) is 4.43. The van der Waals surface area contributed by atoms with E-state index in [4.69, 9.17) is 27.9 Å². The Labute approximate surface area is 238 Å². The third kappa shape index (κ3) is 6.92. The maximum atomic E-state index is 13.3. The maximum Gasteiger partial charge on any atom is 0.410 e. The Hall–Kier alpha value is -2.66. The van der Waals surface area contributed by atoms with Gasteiger partial charge in [-0.05, 0) is 62.2 Å². The average molecular weight is 596 g/mol. The molecule has 12 heteroatoms. The molecule has 1 aliphatic rings. The van der Waals surface area contributed by atoms with Crippen LogP contribution in [0.3, 0.4) is 0 Å². The second kappa shape index (κ2) is 11.4. The molecule has 1 amide bonds. The Bertz CT molecular complexity index is 1560. The van der Waals surface area contributed by atoms with Crippen molar-refractivity contribution in [3.05, 3.63) is 68.2 Å². The number of amides is 1. The van der Waals surface area contributed by atoms with Crippen LogP contribution >= 0.6 is 23.2 Å². The monoisotopic (exact) mass is 594 g/mol. The lowest BCUT2D eigenvalue weighted by atomic mass is 10.1. The number of benzene rings is 2. The summed E-state index contributed by atoms with van der Waals surface area (Å²) in [5.41, 5.74) is 0.864. The van der Waals surface area contributed by atoms with E-state index in [2.05, 4.69) is 9.88 Å². The summed E-state index contributed by atoms with van der Waals surface area (Å²) in [6.07, 6.45) is 1.09. The quantitative estimate of drug-likeness (QED) is 0.411. The molecule has 1 aliphatic heterocycles. The van der Waals surface area contributed by atoms with Gasteiger partial charge >= 0.3 is 6.09 Å². The van der Waals surface area contributed by atoms with Crippen molar-refractivity contribution in [1.29, 1.82) is 0 Å². The second-order valence-electron chi connectivity index (χ2n) is 10.5. The van der Waals surface area contributed by atoms with Crippen molar-refractivity contribution in [3.63, 3.8) is 0 Å². The molecule has 1 saturated heterocycles. The van der Waals surface area contributed by atoms with E-state index in [9.17, 15) is 18.0 Å². The summed E-state index contributed by atoms with van der Waals surface area (Å²) in [4.78, 5) is 34.2. The Balaban J connectivity index is 1.53. The third-order valence-electron chi connectivity index (χ3n) is 6.49. The fourth-order valence-corrected chi connectivity index (χ4v) is 5.95. The zero-order valence-corrected chi connectivity index (χ0v) is 24.7. The van der Waals surface area contributed by atoms with Crippen LogP contribution in [0.25, 0.3) is 10.9 Å². The van der Waals surface area contributed by atoms with Crippen LogP contribution in [0.15, 0.2) is 46.3 Å². The number of fused-ring (bicyclic) bond motifs is 1. The number of rotatable bonds is 6. The van der Waals surface area contributed by atoms with Gasteiger partial charge in [0.25, 0.3) is 5.56 Å². The third-order valence-corrected chi connectivity index (χ3v) is 8.90. The van der Waals surface area contributed by atoms with E-state index in [1.165, 1.54) is 23.0 Å². The number of carbonyl (C=O) groups is 1. The molecule has 2 heterocycles. The highest BCUT2D eigenvalue weighted by Gasteiger charge is 2.26. The SMILES string of the molecule is CCS(=O)(=O)c1ccc(Cl)cc1Cn1cnc2cc(CN3CCN(C(=O)OC(C)(C)C)CC3)c(Cl)cc2c1=O. The van der Waals surface area contributed by atoms with Crippen molar-refractivity contribution in [2.75, 3.05) is 31.9 Å². The normalized spacial score (nSPS) is 15.1. The van der Waals surface area contributed by atoms with Crippen molar-refractivity contribution in [1.82, 2.24) is 19.4 Å². The predicted octanol–water partition coefficient (Wildman–Crippen LogP) is 4.60. The van der Waals surface area contributed by atoms with E-state index in [-0.39, 0.29) is 28.8 Å². The van der Waals surface area contributed by atoms with Gasteiger partial charge in [-0.1, -0.05) is 30.1 Å². The maximum absolute atomic E-state index is 13.3. The van der Waals surface area contributed by atoms with E-state index in [1.807, 2.05) is 20.8 Å². The van der Waals surface area contributed by atoms with E-state index < -0.39 is 15.4 Å². The number of carbonyl (C=O) groups excluding carboxylic acids is 1. The van der Waals surface area contributed by atoms with E-state index in [1.54, 1.807) is 30.0 Å². The minimum Gasteiger partial charge on any atom is -0.444 e. The van der Waals surface area contributed by atoms with Gasteiger partial charge < -0.3 is 9.64 Å². The molecule has 39 heavy (non-hydrogen) atoms. The summed E-state index contributed by atoms with van der Waals surface area (Å²) in [5, 5.41) is 1.15. The first-order valence-electron chi connectivity index (χ1n) is 12.7. The number of nitrogens with zero attached hydrogens (tertiary/aromatic N) is 4. The molecule has 0 saturated carbocycles.